The van der Waals surface area contributed by atoms with Crippen molar-refractivity contribution in [3.05, 3.63) is 29.6 Å². The lowest BCUT2D eigenvalue weighted by Gasteiger charge is -2.26. The molecule has 0 aromatic carbocycles. The highest BCUT2D eigenvalue weighted by Gasteiger charge is 2.34. The molecular weight excluding hydrogens is 334 g/mol. The van der Waals surface area contributed by atoms with Crippen LogP contribution in [0.1, 0.15) is 55.7 Å². The number of hydrogen-bond acceptors (Lipinski definition) is 3. The van der Waals surface area contributed by atoms with Crippen LogP contribution in [0.15, 0.2) is 18.3 Å². The van der Waals surface area contributed by atoms with E-state index in [9.17, 15) is 17.2 Å². The van der Waals surface area contributed by atoms with E-state index in [0.29, 0.717) is 24.4 Å². The first kappa shape index (κ1) is 17.3. The molecular formula is C17H22F2N2O2S. The molecule has 0 amide bonds. The molecule has 0 aliphatic heterocycles. The Morgan fingerprint density at radius 2 is 1.92 bits per heavy atom. The number of sulfonamides is 1. The van der Waals surface area contributed by atoms with Gasteiger partial charge < -0.3 is 0 Å². The van der Waals surface area contributed by atoms with Crippen molar-refractivity contribution in [3.63, 3.8) is 0 Å². The molecule has 0 radical (unpaired) electrons. The summed E-state index contributed by atoms with van der Waals surface area (Å²) >= 11 is 0. The summed E-state index contributed by atoms with van der Waals surface area (Å²) in [6.45, 7) is 0. The number of alkyl halides is 2. The number of rotatable bonds is 5. The highest BCUT2D eigenvalue weighted by Crippen LogP contribution is 2.42. The van der Waals surface area contributed by atoms with E-state index in [1.54, 1.807) is 6.07 Å². The monoisotopic (exact) mass is 356 g/mol. The zero-order valence-electron chi connectivity index (χ0n) is 13.6. The van der Waals surface area contributed by atoms with Gasteiger partial charge in [-0.1, -0.05) is 12.2 Å². The molecule has 2 fully saturated rings. The van der Waals surface area contributed by atoms with Gasteiger partial charge in [0.05, 0.1) is 23.8 Å². The lowest BCUT2D eigenvalue weighted by Crippen LogP contribution is -2.23. The largest absolute Gasteiger partial charge is 0.282 e. The molecule has 2 aliphatic rings. The number of anilines is 1. The van der Waals surface area contributed by atoms with Gasteiger partial charge in [0.25, 0.3) is 0 Å². The van der Waals surface area contributed by atoms with Crippen molar-refractivity contribution in [2.24, 2.45) is 5.92 Å². The van der Waals surface area contributed by atoms with E-state index in [-0.39, 0.29) is 18.8 Å². The lowest BCUT2D eigenvalue weighted by molar-refractivity contribution is -0.0410. The minimum absolute atomic E-state index is 0.0641. The van der Waals surface area contributed by atoms with E-state index in [4.69, 9.17) is 0 Å². The lowest BCUT2D eigenvalue weighted by atomic mass is 9.86. The van der Waals surface area contributed by atoms with Crippen LogP contribution in [0, 0.1) is 5.92 Å². The molecule has 0 unspecified atom stereocenters. The Hall–Kier alpha value is -1.50. The Labute approximate surface area is 141 Å². The predicted molar refractivity (Wildman–Crippen MR) is 90.6 cm³/mol. The zero-order chi connectivity index (χ0) is 17.4. The van der Waals surface area contributed by atoms with E-state index < -0.39 is 15.9 Å². The molecule has 0 saturated heterocycles. The molecule has 24 heavy (non-hydrogen) atoms. The van der Waals surface area contributed by atoms with Crippen molar-refractivity contribution < 1.29 is 17.2 Å². The summed E-state index contributed by atoms with van der Waals surface area (Å²) in [5.74, 6) is -1.96. The maximum atomic E-state index is 13.2. The fraction of sp³-hybridized carbons (Fsp3) is 0.588. The summed E-state index contributed by atoms with van der Waals surface area (Å²) in [6.07, 6.45) is 9.53. The first-order valence-electron chi connectivity index (χ1n) is 8.26. The van der Waals surface area contributed by atoms with Gasteiger partial charge in [-0.2, -0.15) is 0 Å². The Bertz CT molecular complexity index is 733. The molecule has 1 aromatic rings. The third-order valence-corrected chi connectivity index (χ3v) is 5.13. The van der Waals surface area contributed by atoms with E-state index >= 15 is 0 Å². The van der Waals surface area contributed by atoms with Crippen LogP contribution in [-0.2, 0) is 10.0 Å². The average Bonchev–Trinajstić information content (AvgIpc) is 3.29. The maximum absolute atomic E-state index is 13.2. The van der Waals surface area contributed by atoms with Crippen LogP contribution in [0.4, 0.5) is 14.5 Å². The highest BCUT2D eigenvalue weighted by atomic mass is 32.2. The van der Waals surface area contributed by atoms with Crippen molar-refractivity contribution in [2.45, 2.75) is 50.4 Å². The molecule has 1 aromatic heterocycles. The molecule has 2 aliphatic carbocycles. The van der Waals surface area contributed by atoms with Gasteiger partial charge in [-0.15, -0.1) is 0 Å². The summed E-state index contributed by atoms with van der Waals surface area (Å²) in [7, 11) is -3.36. The van der Waals surface area contributed by atoms with Gasteiger partial charge >= 0.3 is 0 Å². The van der Waals surface area contributed by atoms with Gasteiger partial charge in [0.15, 0.2) is 0 Å². The third kappa shape index (κ3) is 4.75. The molecule has 1 heterocycles. The van der Waals surface area contributed by atoms with Gasteiger partial charge in [-0.05, 0) is 43.2 Å². The second kappa shape index (κ2) is 6.43. The summed E-state index contributed by atoms with van der Waals surface area (Å²) in [5.41, 5.74) is 2.27. The SMILES string of the molecule is CS(=O)(=O)Nc1cnc(C2CC2)c(/C=C/C2CCC(F)(F)CC2)c1. The predicted octanol–water partition coefficient (Wildman–Crippen LogP) is 4.17. The van der Waals surface area contributed by atoms with Crippen molar-refractivity contribution >= 4 is 21.8 Å². The number of allylic oxidation sites excluding steroid dienone is 1. The Morgan fingerprint density at radius 1 is 1.25 bits per heavy atom. The Balaban J connectivity index is 1.77. The standard InChI is InChI=1S/C17H22F2N2O2S/c1-24(22,23)21-15-10-14(16(20-11-15)13-4-5-13)3-2-12-6-8-17(18,19)9-7-12/h2-3,10-13,21H,4-9H2,1H3/b3-2+. The molecule has 4 nitrogen and oxygen atoms in total. The van der Waals surface area contributed by atoms with Crippen LogP contribution < -0.4 is 4.72 Å². The first-order valence-corrected chi connectivity index (χ1v) is 10.1. The van der Waals surface area contributed by atoms with Crippen LogP contribution in [0.3, 0.4) is 0 Å². The van der Waals surface area contributed by atoms with Gasteiger partial charge in [-0.25, -0.2) is 17.2 Å². The quantitative estimate of drug-likeness (QED) is 0.861. The number of halogens is 2. The molecule has 1 N–H and O–H groups in total. The minimum atomic E-state index is -3.36. The topological polar surface area (TPSA) is 59.1 Å². The third-order valence-electron chi connectivity index (χ3n) is 4.53. The summed E-state index contributed by atoms with van der Waals surface area (Å²) in [6, 6.07) is 1.77. The molecule has 0 spiro atoms. The number of pyridine rings is 1. The molecule has 132 valence electrons. The van der Waals surface area contributed by atoms with Crippen LogP contribution >= 0.6 is 0 Å². The Kier molecular flexibility index (Phi) is 4.64. The van der Waals surface area contributed by atoms with Crippen LogP contribution in [0.5, 0.6) is 0 Å². The van der Waals surface area contributed by atoms with E-state index in [1.165, 1.54) is 6.20 Å². The zero-order valence-corrected chi connectivity index (χ0v) is 14.5. The van der Waals surface area contributed by atoms with Gasteiger partial charge in [0.1, 0.15) is 0 Å². The first-order chi connectivity index (χ1) is 11.2. The second-order valence-electron chi connectivity index (χ2n) is 6.90. The van der Waals surface area contributed by atoms with Crippen LogP contribution in [-0.4, -0.2) is 25.6 Å². The van der Waals surface area contributed by atoms with Gasteiger partial charge in [0.2, 0.25) is 15.9 Å². The molecule has 3 rings (SSSR count). The summed E-state index contributed by atoms with van der Waals surface area (Å²) in [5, 5.41) is 0. The smallest absolute Gasteiger partial charge is 0.248 e. The van der Waals surface area contributed by atoms with Crippen LogP contribution in [0.25, 0.3) is 6.08 Å². The number of nitrogens with one attached hydrogen (secondary N) is 1. The number of nitrogens with zero attached hydrogens (tertiary/aromatic N) is 1. The van der Waals surface area contributed by atoms with E-state index in [1.807, 2.05) is 12.2 Å². The maximum Gasteiger partial charge on any atom is 0.248 e. The fourth-order valence-corrected chi connectivity index (χ4v) is 3.63. The van der Waals surface area contributed by atoms with Crippen LogP contribution in [0.2, 0.25) is 0 Å². The summed E-state index contributed by atoms with van der Waals surface area (Å²) < 4.78 is 51.7. The number of aromatic nitrogens is 1. The van der Waals surface area contributed by atoms with Gasteiger partial charge in [-0.3, -0.25) is 9.71 Å². The second-order valence-corrected chi connectivity index (χ2v) is 8.65. The highest BCUT2D eigenvalue weighted by molar-refractivity contribution is 7.92. The number of hydrogen-bond donors (Lipinski definition) is 1. The fourth-order valence-electron chi connectivity index (χ4n) is 3.09. The average molecular weight is 356 g/mol. The van der Waals surface area contributed by atoms with Gasteiger partial charge in [0, 0.05) is 18.8 Å². The molecule has 2 saturated carbocycles. The van der Waals surface area contributed by atoms with Crippen molar-refractivity contribution in [2.75, 3.05) is 11.0 Å². The molecule has 0 bridgehead atoms. The normalized spacial score (nSPS) is 22.0. The van der Waals surface area contributed by atoms with E-state index in [2.05, 4.69) is 9.71 Å². The molecule has 0 atom stereocenters. The van der Waals surface area contributed by atoms with Crippen molar-refractivity contribution in [1.82, 2.24) is 4.98 Å². The van der Waals surface area contributed by atoms with Crippen molar-refractivity contribution in [3.8, 4) is 0 Å². The summed E-state index contributed by atoms with van der Waals surface area (Å²) in [4.78, 5) is 4.41. The van der Waals surface area contributed by atoms with Crippen molar-refractivity contribution in [1.29, 1.82) is 0 Å². The minimum Gasteiger partial charge on any atom is -0.282 e. The van der Waals surface area contributed by atoms with E-state index in [0.717, 1.165) is 30.4 Å². The molecule has 7 heteroatoms. The Morgan fingerprint density at radius 3 is 2.50 bits per heavy atom.